The predicted octanol–water partition coefficient (Wildman–Crippen LogP) is 2.44. The molecule has 1 aromatic rings. The smallest absolute Gasteiger partial charge is 0.287 e. The van der Waals surface area contributed by atoms with Gasteiger partial charge < -0.3 is 9.73 Å². The zero-order valence-corrected chi connectivity index (χ0v) is 8.91. The first-order valence-corrected chi connectivity index (χ1v) is 4.94. The van der Waals surface area contributed by atoms with E-state index < -0.39 is 0 Å². The fourth-order valence-corrected chi connectivity index (χ4v) is 1.47. The molecule has 1 aromatic heterocycles. The van der Waals surface area contributed by atoms with E-state index in [-0.39, 0.29) is 11.9 Å². The molecule has 0 spiro atoms. The number of hydrogen-bond acceptors (Lipinski definition) is 2. The van der Waals surface area contributed by atoms with Gasteiger partial charge in [-0.2, -0.15) is 0 Å². The van der Waals surface area contributed by atoms with Crippen LogP contribution < -0.4 is 5.32 Å². The Bertz CT molecular complexity index is 277. The topological polar surface area (TPSA) is 42.2 Å². The molecule has 0 aliphatic carbocycles. The van der Waals surface area contributed by atoms with Gasteiger partial charge in [-0.05, 0) is 31.4 Å². The molecule has 1 unspecified atom stereocenters. The molecule has 0 aliphatic rings. The molecule has 0 fully saturated rings. The number of amides is 1. The highest BCUT2D eigenvalue weighted by Crippen LogP contribution is 2.05. The molecule has 1 amide bonds. The third kappa shape index (κ3) is 3.24. The van der Waals surface area contributed by atoms with Gasteiger partial charge in [-0.3, -0.25) is 4.79 Å². The summed E-state index contributed by atoms with van der Waals surface area (Å²) >= 11 is 0. The highest BCUT2D eigenvalue weighted by atomic mass is 16.3. The molecule has 3 heteroatoms. The third-order valence-corrected chi connectivity index (χ3v) is 1.95. The highest BCUT2D eigenvalue weighted by Gasteiger charge is 2.12. The lowest BCUT2D eigenvalue weighted by Gasteiger charge is -2.14. The molecule has 14 heavy (non-hydrogen) atoms. The van der Waals surface area contributed by atoms with Crippen LogP contribution in [0.2, 0.25) is 0 Å². The van der Waals surface area contributed by atoms with E-state index in [1.54, 1.807) is 12.1 Å². The summed E-state index contributed by atoms with van der Waals surface area (Å²) in [5.74, 6) is 0.825. The molecule has 0 radical (unpaired) electrons. The lowest BCUT2D eigenvalue weighted by Crippen LogP contribution is -2.33. The van der Waals surface area contributed by atoms with E-state index in [0.29, 0.717) is 11.7 Å². The second-order valence-corrected chi connectivity index (χ2v) is 3.98. The van der Waals surface area contributed by atoms with E-state index in [9.17, 15) is 4.79 Å². The minimum absolute atomic E-state index is 0.136. The molecule has 1 heterocycles. The van der Waals surface area contributed by atoms with Gasteiger partial charge in [0.1, 0.15) is 0 Å². The van der Waals surface area contributed by atoms with Crippen molar-refractivity contribution >= 4 is 5.91 Å². The molecule has 1 rings (SSSR count). The number of hydrogen-bond donors (Lipinski definition) is 1. The van der Waals surface area contributed by atoms with Crippen molar-refractivity contribution in [1.82, 2.24) is 5.32 Å². The van der Waals surface area contributed by atoms with Gasteiger partial charge in [0.2, 0.25) is 0 Å². The Morgan fingerprint density at radius 3 is 2.71 bits per heavy atom. The van der Waals surface area contributed by atoms with Crippen molar-refractivity contribution in [1.29, 1.82) is 0 Å². The normalized spacial score (nSPS) is 12.9. The molecule has 0 saturated carbocycles. The summed E-state index contributed by atoms with van der Waals surface area (Å²) < 4.78 is 4.99. The van der Waals surface area contributed by atoms with Crippen LogP contribution >= 0.6 is 0 Å². The number of furan rings is 1. The van der Waals surface area contributed by atoms with E-state index in [2.05, 4.69) is 19.2 Å². The Morgan fingerprint density at radius 2 is 2.21 bits per heavy atom. The largest absolute Gasteiger partial charge is 0.459 e. The maximum Gasteiger partial charge on any atom is 0.287 e. The van der Waals surface area contributed by atoms with Gasteiger partial charge in [0, 0.05) is 6.04 Å². The van der Waals surface area contributed by atoms with Gasteiger partial charge in [0.25, 0.3) is 5.91 Å². The standard InChI is InChI=1S/C11H17NO2/c1-8(2)7-9(3)12-11(13)10-5-4-6-14-10/h4-6,8-9H,7H2,1-3H3,(H,12,13). The Morgan fingerprint density at radius 1 is 1.50 bits per heavy atom. The van der Waals surface area contributed by atoms with Gasteiger partial charge in [0.05, 0.1) is 6.26 Å². The van der Waals surface area contributed by atoms with E-state index in [4.69, 9.17) is 4.42 Å². The van der Waals surface area contributed by atoms with Crippen LogP contribution in [0.15, 0.2) is 22.8 Å². The molecular weight excluding hydrogens is 178 g/mol. The minimum Gasteiger partial charge on any atom is -0.459 e. The summed E-state index contributed by atoms with van der Waals surface area (Å²) in [6.07, 6.45) is 2.48. The number of nitrogens with one attached hydrogen (secondary N) is 1. The van der Waals surface area contributed by atoms with Crippen molar-refractivity contribution < 1.29 is 9.21 Å². The van der Waals surface area contributed by atoms with Crippen molar-refractivity contribution in [2.24, 2.45) is 5.92 Å². The molecule has 1 N–H and O–H groups in total. The average Bonchev–Trinajstić information content (AvgIpc) is 2.53. The van der Waals surface area contributed by atoms with Crippen molar-refractivity contribution in [2.75, 3.05) is 0 Å². The predicted molar refractivity (Wildman–Crippen MR) is 55.1 cm³/mol. The summed E-state index contributed by atoms with van der Waals surface area (Å²) in [4.78, 5) is 11.5. The Labute approximate surface area is 84.5 Å². The first kappa shape index (κ1) is 10.8. The van der Waals surface area contributed by atoms with E-state index in [1.165, 1.54) is 6.26 Å². The van der Waals surface area contributed by atoms with Crippen LogP contribution in [-0.4, -0.2) is 11.9 Å². The summed E-state index contributed by atoms with van der Waals surface area (Å²) in [5.41, 5.74) is 0. The van der Waals surface area contributed by atoms with Crippen molar-refractivity contribution in [3.63, 3.8) is 0 Å². The number of carbonyl (C=O) groups excluding carboxylic acids is 1. The molecule has 0 saturated heterocycles. The van der Waals surface area contributed by atoms with Crippen LogP contribution in [0.3, 0.4) is 0 Å². The van der Waals surface area contributed by atoms with Crippen LogP contribution in [0.1, 0.15) is 37.7 Å². The van der Waals surface area contributed by atoms with Crippen LogP contribution in [0.4, 0.5) is 0 Å². The van der Waals surface area contributed by atoms with Gasteiger partial charge in [0.15, 0.2) is 5.76 Å². The van der Waals surface area contributed by atoms with Gasteiger partial charge in [-0.15, -0.1) is 0 Å². The fraction of sp³-hybridized carbons (Fsp3) is 0.545. The SMILES string of the molecule is CC(C)CC(C)NC(=O)c1ccco1. The monoisotopic (exact) mass is 195 g/mol. The lowest BCUT2D eigenvalue weighted by molar-refractivity contribution is 0.0908. The van der Waals surface area contributed by atoms with Crippen LogP contribution in [0, 0.1) is 5.92 Å². The van der Waals surface area contributed by atoms with Crippen LogP contribution in [0.25, 0.3) is 0 Å². The Balaban J connectivity index is 2.41. The van der Waals surface area contributed by atoms with Crippen molar-refractivity contribution in [3.8, 4) is 0 Å². The first-order chi connectivity index (χ1) is 6.59. The Hall–Kier alpha value is -1.25. The van der Waals surface area contributed by atoms with E-state index >= 15 is 0 Å². The average molecular weight is 195 g/mol. The minimum atomic E-state index is -0.136. The summed E-state index contributed by atoms with van der Waals surface area (Å²) in [5, 5.41) is 2.88. The van der Waals surface area contributed by atoms with Gasteiger partial charge in [-0.25, -0.2) is 0 Å². The van der Waals surface area contributed by atoms with Gasteiger partial charge >= 0.3 is 0 Å². The van der Waals surface area contributed by atoms with E-state index in [1.807, 2.05) is 6.92 Å². The molecule has 0 aliphatic heterocycles. The molecule has 0 aromatic carbocycles. The molecular formula is C11H17NO2. The lowest BCUT2D eigenvalue weighted by atomic mass is 10.1. The Kier molecular flexibility index (Phi) is 3.74. The zero-order valence-electron chi connectivity index (χ0n) is 8.91. The van der Waals surface area contributed by atoms with Crippen LogP contribution in [-0.2, 0) is 0 Å². The van der Waals surface area contributed by atoms with Crippen molar-refractivity contribution in [3.05, 3.63) is 24.2 Å². The van der Waals surface area contributed by atoms with Crippen LogP contribution in [0.5, 0.6) is 0 Å². The second-order valence-electron chi connectivity index (χ2n) is 3.98. The quantitative estimate of drug-likeness (QED) is 0.801. The maximum absolute atomic E-state index is 11.5. The van der Waals surface area contributed by atoms with E-state index in [0.717, 1.165) is 6.42 Å². The molecule has 3 nitrogen and oxygen atoms in total. The number of carbonyl (C=O) groups is 1. The summed E-state index contributed by atoms with van der Waals surface area (Å²) in [7, 11) is 0. The third-order valence-electron chi connectivity index (χ3n) is 1.95. The maximum atomic E-state index is 11.5. The van der Waals surface area contributed by atoms with Crippen molar-refractivity contribution in [2.45, 2.75) is 33.2 Å². The highest BCUT2D eigenvalue weighted by molar-refractivity contribution is 5.91. The molecule has 0 bridgehead atoms. The molecule has 1 atom stereocenters. The zero-order chi connectivity index (χ0) is 10.6. The first-order valence-electron chi connectivity index (χ1n) is 4.94. The number of rotatable bonds is 4. The fourth-order valence-electron chi connectivity index (χ4n) is 1.47. The summed E-state index contributed by atoms with van der Waals surface area (Å²) in [6, 6.07) is 3.56. The summed E-state index contributed by atoms with van der Waals surface area (Å²) in [6.45, 7) is 6.27. The second kappa shape index (κ2) is 4.84. The molecule has 78 valence electrons. The van der Waals surface area contributed by atoms with Gasteiger partial charge in [-0.1, -0.05) is 13.8 Å².